The zero-order valence-electron chi connectivity index (χ0n) is 10.5. The Morgan fingerprint density at radius 2 is 2.22 bits per heavy atom. The molecule has 2 aromatic rings. The van der Waals surface area contributed by atoms with Gasteiger partial charge in [0.25, 0.3) is 5.91 Å². The fraction of sp³-hybridized carbons (Fsp3) is 0.231. The lowest BCUT2D eigenvalue weighted by Crippen LogP contribution is -2.25. The Balaban J connectivity index is 2.11. The Hall–Kier alpha value is -2.30. The number of nitrogens with one attached hydrogen (secondary N) is 1. The molecule has 0 unspecified atom stereocenters. The average Bonchev–Trinajstić information content (AvgIpc) is 2.72. The third kappa shape index (κ3) is 2.34. The summed E-state index contributed by atoms with van der Waals surface area (Å²) in [4.78, 5) is 12.1. The number of nitrogen functional groups attached to an aromatic ring is 1. The van der Waals surface area contributed by atoms with Gasteiger partial charge in [0.15, 0.2) is 0 Å². The highest BCUT2D eigenvalue weighted by Crippen LogP contribution is 2.15. The van der Waals surface area contributed by atoms with E-state index in [4.69, 9.17) is 5.73 Å². The van der Waals surface area contributed by atoms with Crippen LogP contribution in [0.25, 0.3) is 0 Å². The number of rotatable bonds is 3. The topological polar surface area (TPSA) is 72.9 Å². The van der Waals surface area contributed by atoms with Crippen molar-refractivity contribution in [2.24, 2.45) is 7.05 Å². The maximum atomic E-state index is 12.1. The lowest BCUT2D eigenvalue weighted by Gasteiger charge is -2.10. The Morgan fingerprint density at radius 1 is 1.44 bits per heavy atom. The fourth-order valence-electron chi connectivity index (χ4n) is 1.83. The van der Waals surface area contributed by atoms with Gasteiger partial charge in [-0.25, -0.2) is 0 Å². The second kappa shape index (κ2) is 4.91. The van der Waals surface area contributed by atoms with Gasteiger partial charge in [0.05, 0.1) is 17.8 Å². The van der Waals surface area contributed by atoms with Crippen molar-refractivity contribution >= 4 is 11.6 Å². The zero-order chi connectivity index (χ0) is 13.1. The van der Waals surface area contributed by atoms with Crippen LogP contribution >= 0.6 is 0 Å². The van der Waals surface area contributed by atoms with Gasteiger partial charge in [0.2, 0.25) is 0 Å². The summed E-state index contributed by atoms with van der Waals surface area (Å²) >= 11 is 0. The van der Waals surface area contributed by atoms with Crippen molar-refractivity contribution in [1.82, 2.24) is 15.1 Å². The summed E-state index contributed by atoms with van der Waals surface area (Å²) in [6, 6.07) is 7.30. The van der Waals surface area contributed by atoms with Gasteiger partial charge in [-0.3, -0.25) is 9.48 Å². The summed E-state index contributed by atoms with van der Waals surface area (Å²) in [6.07, 6.45) is 1.70. The minimum absolute atomic E-state index is 0.160. The van der Waals surface area contributed by atoms with E-state index < -0.39 is 0 Å². The Labute approximate surface area is 106 Å². The van der Waals surface area contributed by atoms with Crippen molar-refractivity contribution in [2.75, 3.05) is 5.73 Å². The molecule has 0 saturated heterocycles. The van der Waals surface area contributed by atoms with Crippen LogP contribution in [-0.2, 0) is 13.6 Å². The predicted octanol–water partition coefficient (Wildman–Crippen LogP) is 1.24. The molecule has 2 rings (SSSR count). The first-order valence-electron chi connectivity index (χ1n) is 5.69. The number of hydrogen-bond donors (Lipinski definition) is 2. The number of aryl methyl sites for hydroxylation is 2. The molecule has 0 fully saturated rings. The van der Waals surface area contributed by atoms with Gasteiger partial charge in [0, 0.05) is 18.9 Å². The summed E-state index contributed by atoms with van der Waals surface area (Å²) in [5.41, 5.74) is 8.67. The highest BCUT2D eigenvalue weighted by molar-refractivity contribution is 6.00. The van der Waals surface area contributed by atoms with Crippen LogP contribution in [0.5, 0.6) is 0 Å². The molecule has 0 aliphatic heterocycles. The van der Waals surface area contributed by atoms with Gasteiger partial charge < -0.3 is 11.1 Å². The van der Waals surface area contributed by atoms with E-state index in [1.807, 2.05) is 32.2 Å². The molecule has 1 aromatic heterocycles. The van der Waals surface area contributed by atoms with Crippen molar-refractivity contribution in [3.8, 4) is 0 Å². The van der Waals surface area contributed by atoms with Gasteiger partial charge >= 0.3 is 0 Å². The van der Waals surface area contributed by atoms with Gasteiger partial charge in [-0.1, -0.05) is 12.1 Å². The van der Waals surface area contributed by atoms with Crippen molar-refractivity contribution in [2.45, 2.75) is 13.5 Å². The molecule has 0 bridgehead atoms. The van der Waals surface area contributed by atoms with Crippen LogP contribution in [0.1, 0.15) is 21.6 Å². The van der Waals surface area contributed by atoms with E-state index in [0.29, 0.717) is 17.8 Å². The maximum absolute atomic E-state index is 12.1. The summed E-state index contributed by atoms with van der Waals surface area (Å²) in [6.45, 7) is 2.30. The van der Waals surface area contributed by atoms with Crippen LogP contribution in [0.2, 0.25) is 0 Å². The van der Waals surface area contributed by atoms with E-state index in [1.165, 1.54) is 0 Å². The molecule has 5 nitrogen and oxygen atoms in total. The molecule has 0 spiro atoms. The van der Waals surface area contributed by atoms with Crippen molar-refractivity contribution < 1.29 is 4.79 Å². The van der Waals surface area contributed by atoms with Crippen molar-refractivity contribution in [3.63, 3.8) is 0 Å². The molecule has 0 aliphatic rings. The summed E-state index contributed by atoms with van der Waals surface area (Å²) < 4.78 is 1.72. The van der Waals surface area contributed by atoms with Crippen LogP contribution in [0, 0.1) is 6.92 Å². The number of carbonyl (C=O) groups excluding carboxylic acids is 1. The molecular weight excluding hydrogens is 228 g/mol. The normalized spacial score (nSPS) is 10.3. The first-order valence-corrected chi connectivity index (χ1v) is 5.69. The first kappa shape index (κ1) is 12.2. The SMILES string of the molecule is Cc1cccc(N)c1C(=O)NCc1ccnn1C. The number of amides is 1. The summed E-state index contributed by atoms with van der Waals surface area (Å²) in [5.74, 6) is -0.160. The summed E-state index contributed by atoms with van der Waals surface area (Å²) in [5, 5.41) is 6.89. The molecule has 3 N–H and O–H groups in total. The van der Waals surface area contributed by atoms with E-state index in [9.17, 15) is 4.79 Å². The summed E-state index contributed by atoms with van der Waals surface area (Å²) in [7, 11) is 1.84. The van der Waals surface area contributed by atoms with Crippen LogP contribution in [-0.4, -0.2) is 15.7 Å². The molecule has 5 heteroatoms. The highest BCUT2D eigenvalue weighted by Gasteiger charge is 2.12. The molecule has 0 atom stereocenters. The van der Waals surface area contributed by atoms with Crippen LogP contribution < -0.4 is 11.1 Å². The van der Waals surface area contributed by atoms with E-state index in [1.54, 1.807) is 16.9 Å². The molecule has 0 aliphatic carbocycles. The smallest absolute Gasteiger partial charge is 0.253 e. The Kier molecular flexibility index (Phi) is 3.32. The highest BCUT2D eigenvalue weighted by atomic mass is 16.1. The van der Waals surface area contributed by atoms with Crippen molar-refractivity contribution in [1.29, 1.82) is 0 Å². The Bertz CT molecular complexity index is 554. The van der Waals surface area contributed by atoms with Gasteiger partial charge in [-0.15, -0.1) is 0 Å². The monoisotopic (exact) mass is 244 g/mol. The van der Waals surface area contributed by atoms with Crippen LogP contribution in [0.4, 0.5) is 5.69 Å². The molecule has 1 aromatic carbocycles. The quantitative estimate of drug-likeness (QED) is 0.798. The zero-order valence-corrected chi connectivity index (χ0v) is 10.5. The number of anilines is 1. The van der Waals surface area contributed by atoms with Gasteiger partial charge in [0.1, 0.15) is 0 Å². The minimum Gasteiger partial charge on any atom is -0.398 e. The van der Waals surface area contributed by atoms with Gasteiger partial charge in [-0.2, -0.15) is 5.10 Å². The molecule has 0 radical (unpaired) electrons. The largest absolute Gasteiger partial charge is 0.398 e. The van der Waals surface area contributed by atoms with E-state index in [-0.39, 0.29) is 5.91 Å². The van der Waals surface area contributed by atoms with Crippen molar-refractivity contribution in [3.05, 3.63) is 47.3 Å². The number of nitrogens with two attached hydrogens (primary N) is 1. The van der Waals surface area contributed by atoms with E-state index in [0.717, 1.165) is 11.3 Å². The molecule has 1 amide bonds. The molecule has 0 saturated carbocycles. The second-order valence-corrected chi connectivity index (χ2v) is 4.17. The number of hydrogen-bond acceptors (Lipinski definition) is 3. The average molecular weight is 244 g/mol. The number of nitrogens with zero attached hydrogens (tertiary/aromatic N) is 2. The van der Waals surface area contributed by atoms with Crippen LogP contribution in [0.3, 0.4) is 0 Å². The number of aromatic nitrogens is 2. The molecule has 18 heavy (non-hydrogen) atoms. The lowest BCUT2D eigenvalue weighted by atomic mass is 10.1. The van der Waals surface area contributed by atoms with Crippen LogP contribution in [0.15, 0.2) is 30.5 Å². The third-order valence-electron chi connectivity index (χ3n) is 2.88. The standard InChI is InChI=1S/C13H16N4O/c1-9-4-3-5-11(14)12(9)13(18)15-8-10-6-7-16-17(10)2/h3-7H,8,14H2,1-2H3,(H,15,18). The lowest BCUT2D eigenvalue weighted by molar-refractivity contribution is 0.0950. The first-order chi connectivity index (χ1) is 8.59. The van der Waals surface area contributed by atoms with E-state index >= 15 is 0 Å². The predicted molar refractivity (Wildman–Crippen MR) is 70.0 cm³/mol. The number of carbonyl (C=O) groups is 1. The second-order valence-electron chi connectivity index (χ2n) is 4.17. The molecule has 94 valence electrons. The molecular formula is C13H16N4O. The maximum Gasteiger partial charge on any atom is 0.253 e. The Morgan fingerprint density at radius 3 is 2.83 bits per heavy atom. The van der Waals surface area contributed by atoms with Gasteiger partial charge in [-0.05, 0) is 24.6 Å². The van der Waals surface area contributed by atoms with E-state index in [2.05, 4.69) is 10.4 Å². The minimum atomic E-state index is -0.160. The molecule has 1 heterocycles. The fourth-order valence-corrected chi connectivity index (χ4v) is 1.83. The number of benzene rings is 1. The third-order valence-corrected chi connectivity index (χ3v) is 2.88.